The van der Waals surface area contributed by atoms with Crippen LogP contribution >= 0.6 is 22.6 Å². The number of halogens is 1. The molecule has 2 aromatic heterocycles. The van der Waals surface area contributed by atoms with E-state index in [0.29, 0.717) is 0 Å². The van der Waals surface area contributed by atoms with Gasteiger partial charge in [-0.1, -0.05) is 0 Å². The highest BCUT2D eigenvalue weighted by molar-refractivity contribution is 14.1. The first-order chi connectivity index (χ1) is 8.61. The number of rotatable bonds is 0. The highest BCUT2D eigenvalue weighted by atomic mass is 127. The molecule has 1 N–H and O–H groups in total. The second-order valence-corrected chi connectivity index (χ2v) is 5.59. The first kappa shape index (κ1) is 11.5. The van der Waals surface area contributed by atoms with Gasteiger partial charge < -0.3 is 4.98 Å². The number of aromatic amines is 1. The van der Waals surface area contributed by atoms with Gasteiger partial charge in [-0.3, -0.25) is 0 Å². The maximum Gasteiger partial charge on any atom is 0.138 e. The van der Waals surface area contributed by atoms with Crippen LogP contribution in [0.1, 0.15) is 16.7 Å². The molecule has 18 heavy (non-hydrogen) atoms. The van der Waals surface area contributed by atoms with Crippen molar-refractivity contribution < 1.29 is 0 Å². The molecule has 0 bridgehead atoms. The molecule has 0 aliphatic carbocycles. The van der Waals surface area contributed by atoms with Crippen LogP contribution in [0, 0.1) is 28.7 Å². The van der Waals surface area contributed by atoms with Gasteiger partial charge in [0.1, 0.15) is 5.65 Å². The molecule has 0 amide bonds. The lowest BCUT2D eigenvalue weighted by Crippen LogP contribution is -1.87. The van der Waals surface area contributed by atoms with E-state index in [2.05, 4.69) is 44.7 Å². The predicted molar refractivity (Wildman–Crippen MR) is 80.5 cm³/mol. The minimum atomic E-state index is 0.718. The molecule has 3 nitrogen and oxygen atoms in total. The van der Waals surface area contributed by atoms with Crippen molar-refractivity contribution in [2.45, 2.75) is 13.8 Å². The summed E-state index contributed by atoms with van der Waals surface area (Å²) in [5.41, 5.74) is 4.75. The van der Waals surface area contributed by atoms with Crippen molar-refractivity contribution in [3.05, 3.63) is 38.6 Å². The van der Waals surface area contributed by atoms with Crippen LogP contribution in [0.15, 0.2) is 18.3 Å². The third-order valence-electron chi connectivity index (χ3n) is 3.20. The summed E-state index contributed by atoms with van der Waals surface area (Å²) in [4.78, 5) is 7.74. The summed E-state index contributed by atoms with van der Waals surface area (Å²) in [5.74, 6) is 0. The zero-order chi connectivity index (χ0) is 12.9. The summed E-state index contributed by atoms with van der Waals surface area (Å²) in [6.07, 6.45) is 1.85. The second-order valence-electron chi connectivity index (χ2n) is 4.43. The third-order valence-corrected chi connectivity index (χ3v) is 4.05. The van der Waals surface area contributed by atoms with Crippen LogP contribution in [-0.2, 0) is 0 Å². The number of H-pyrrole nitrogens is 1. The van der Waals surface area contributed by atoms with Crippen LogP contribution < -0.4 is 0 Å². The van der Waals surface area contributed by atoms with Crippen LogP contribution in [0.2, 0.25) is 0 Å². The van der Waals surface area contributed by atoms with E-state index in [-0.39, 0.29) is 0 Å². The van der Waals surface area contributed by atoms with E-state index in [0.717, 1.165) is 36.8 Å². The van der Waals surface area contributed by atoms with Gasteiger partial charge >= 0.3 is 0 Å². The predicted octanol–water partition coefficient (Wildman–Crippen LogP) is 3.81. The fraction of sp³-hybridized carbons (Fsp3) is 0.143. The summed E-state index contributed by atoms with van der Waals surface area (Å²) in [5, 5.41) is 11.4. The molecule has 3 aromatic rings. The van der Waals surface area contributed by atoms with E-state index >= 15 is 0 Å². The molecular weight excluding hydrogens is 337 g/mol. The number of benzene rings is 1. The highest BCUT2D eigenvalue weighted by Gasteiger charge is 2.13. The quantitative estimate of drug-likeness (QED) is 0.629. The first-order valence-electron chi connectivity index (χ1n) is 5.59. The highest BCUT2D eigenvalue weighted by Crippen LogP contribution is 2.32. The van der Waals surface area contributed by atoms with Gasteiger partial charge in [0.15, 0.2) is 0 Å². The van der Waals surface area contributed by atoms with E-state index < -0.39 is 0 Å². The topological polar surface area (TPSA) is 52.5 Å². The zero-order valence-corrected chi connectivity index (χ0v) is 12.2. The Labute approximate surface area is 118 Å². The average Bonchev–Trinajstić information content (AvgIpc) is 2.73. The van der Waals surface area contributed by atoms with Crippen LogP contribution in [0.5, 0.6) is 0 Å². The zero-order valence-electron chi connectivity index (χ0n) is 10.0. The number of aromatic nitrogens is 2. The number of nitrogens with one attached hydrogen (secondary N) is 1. The fourth-order valence-corrected chi connectivity index (χ4v) is 3.13. The fourth-order valence-electron chi connectivity index (χ4n) is 2.26. The van der Waals surface area contributed by atoms with Crippen molar-refractivity contribution in [3.63, 3.8) is 0 Å². The summed E-state index contributed by atoms with van der Waals surface area (Å²) in [7, 11) is 0. The lowest BCUT2D eigenvalue weighted by molar-refractivity contribution is 1.29. The van der Waals surface area contributed by atoms with Gasteiger partial charge in [-0.05, 0) is 59.7 Å². The van der Waals surface area contributed by atoms with E-state index in [1.54, 1.807) is 0 Å². The molecule has 0 saturated carbocycles. The van der Waals surface area contributed by atoms with E-state index in [1.165, 1.54) is 5.39 Å². The van der Waals surface area contributed by atoms with Gasteiger partial charge in [-0.25, -0.2) is 4.98 Å². The van der Waals surface area contributed by atoms with Crippen LogP contribution in [0.4, 0.5) is 0 Å². The molecule has 0 saturated heterocycles. The Morgan fingerprint density at radius 1 is 1.33 bits per heavy atom. The molecule has 0 unspecified atom stereocenters. The number of fused-ring (bicyclic) bond motifs is 3. The maximum atomic E-state index is 9.14. The average molecular weight is 347 g/mol. The SMILES string of the molecule is Cc1cnc2[nH]c3c(C)c(C#N)cc(I)c3c2c1. The Morgan fingerprint density at radius 3 is 2.83 bits per heavy atom. The third kappa shape index (κ3) is 1.51. The monoisotopic (exact) mass is 347 g/mol. The molecular formula is C14H10IN3. The lowest BCUT2D eigenvalue weighted by Gasteiger charge is -2.02. The molecule has 3 rings (SSSR count). The van der Waals surface area contributed by atoms with Crippen molar-refractivity contribution in [2.24, 2.45) is 0 Å². The second kappa shape index (κ2) is 3.95. The van der Waals surface area contributed by atoms with E-state index in [9.17, 15) is 0 Å². The number of aryl methyl sites for hydroxylation is 2. The Hall–Kier alpha value is -1.61. The lowest BCUT2D eigenvalue weighted by atomic mass is 10.0. The first-order valence-corrected chi connectivity index (χ1v) is 6.67. The Balaban J connectivity index is 2.59. The van der Waals surface area contributed by atoms with Gasteiger partial charge in [0, 0.05) is 20.5 Å². The standard InChI is InChI=1S/C14H10IN3/c1-7-3-10-12-11(15)4-9(5-16)8(2)13(12)18-14(10)17-6-7/h3-4,6H,1-2H3,(H,17,18). The summed E-state index contributed by atoms with van der Waals surface area (Å²) >= 11 is 2.28. The van der Waals surface area contributed by atoms with E-state index in [1.807, 2.05) is 26.1 Å². The van der Waals surface area contributed by atoms with Crippen LogP contribution in [-0.4, -0.2) is 9.97 Å². The molecule has 0 aliphatic heterocycles. The van der Waals surface area contributed by atoms with Gasteiger partial charge in [0.05, 0.1) is 17.1 Å². The molecule has 0 fully saturated rings. The van der Waals surface area contributed by atoms with Crippen molar-refractivity contribution in [1.82, 2.24) is 9.97 Å². The van der Waals surface area contributed by atoms with Gasteiger partial charge in [0.25, 0.3) is 0 Å². The molecule has 0 radical (unpaired) electrons. The molecule has 2 heterocycles. The minimum Gasteiger partial charge on any atom is -0.339 e. The largest absolute Gasteiger partial charge is 0.339 e. The van der Waals surface area contributed by atoms with Gasteiger partial charge in [-0.2, -0.15) is 5.26 Å². The molecule has 0 aliphatic rings. The minimum absolute atomic E-state index is 0.718. The number of hydrogen-bond donors (Lipinski definition) is 1. The molecule has 4 heteroatoms. The molecule has 88 valence electrons. The van der Waals surface area contributed by atoms with Crippen molar-refractivity contribution in [2.75, 3.05) is 0 Å². The maximum absolute atomic E-state index is 9.14. The van der Waals surface area contributed by atoms with Crippen molar-refractivity contribution in [1.29, 1.82) is 5.26 Å². The van der Waals surface area contributed by atoms with Gasteiger partial charge in [0.2, 0.25) is 0 Å². The number of nitriles is 1. The van der Waals surface area contributed by atoms with Crippen molar-refractivity contribution in [3.8, 4) is 6.07 Å². The molecule has 0 atom stereocenters. The normalized spacial score (nSPS) is 11.0. The summed E-state index contributed by atoms with van der Waals surface area (Å²) in [6.45, 7) is 4.01. The van der Waals surface area contributed by atoms with Crippen molar-refractivity contribution >= 4 is 44.5 Å². The summed E-state index contributed by atoms with van der Waals surface area (Å²) < 4.78 is 1.09. The Kier molecular flexibility index (Phi) is 2.52. The van der Waals surface area contributed by atoms with E-state index in [4.69, 9.17) is 5.26 Å². The summed E-state index contributed by atoms with van der Waals surface area (Å²) in [6, 6.07) is 6.31. The number of nitrogens with zero attached hydrogens (tertiary/aromatic N) is 2. The van der Waals surface area contributed by atoms with Crippen LogP contribution in [0.25, 0.3) is 21.9 Å². The van der Waals surface area contributed by atoms with Crippen LogP contribution in [0.3, 0.4) is 0 Å². The molecule has 0 spiro atoms. The van der Waals surface area contributed by atoms with Gasteiger partial charge in [-0.15, -0.1) is 0 Å². The Bertz CT molecular complexity index is 825. The Morgan fingerprint density at radius 2 is 2.11 bits per heavy atom. The molecule has 1 aromatic carbocycles. The number of hydrogen-bond acceptors (Lipinski definition) is 2. The smallest absolute Gasteiger partial charge is 0.138 e. The number of pyridine rings is 1.